The molecule has 0 unspecified atom stereocenters. The van der Waals surface area contributed by atoms with E-state index >= 15 is 0 Å². The molecule has 0 bridgehead atoms. The van der Waals surface area contributed by atoms with Crippen LogP contribution in [0.5, 0.6) is 0 Å². The van der Waals surface area contributed by atoms with E-state index in [0.29, 0.717) is 5.56 Å². The first kappa shape index (κ1) is 23.0. The molecule has 0 spiro atoms. The van der Waals surface area contributed by atoms with Crippen LogP contribution in [0.3, 0.4) is 0 Å². The van der Waals surface area contributed by atoms with Gasteiger partial charge in [-0.25, -0.2) is 0 Å². The Labute approximate surface area is 194 Å². The summed E-state index contributed by atoms with van der Waals surface area (Å²) in [6, 6.07) is 22.5. The Hall–Kier alpha value is -1.19. The van der Waals surface area contributed by atoms with Crippen LogP contribution in [0.2, 0.25) is 13.1 Å². The predicted octanol–water partition coefficient (Wildman–Crippen LogP) is 6.33. The Morgan fingerprint density at radius 1 is 0.935 bits per heavy atom. The number of fused-ring (bicyclic) bond motifs is 3. The SMILES string of the molecule is CC(C)c1ccccc1C(=O)[NH][Zr]([Cl])([Cl])([c]1cccc2c1Cc1ccccc1-2)[SiH](C)C. The van der Waals surface area contributed by atoms with Crippen LogP contribution in [0, 0.1) is 0 Å². The second kappa shape index (κ2) is 8.30. The van der Waals surface area contributed by atoms with Gasteiger partial charge < -0.3 is 0 Å². The summed E-state index contributed by atoms with van der Waals surface area (Å²) in [5, 5.41) is 0. The van der Waals surface area contributed by atoms with E-state index < -0.39 is 21.8 Å². The van der Waals surface area contributed by atoms with Crippen molar-refractivity contribution in [2.24, 2.45) is 0 Å². The zero-order chi connectivity index (χ0) is 22.4. The van der Waals surface area contributed by atoms with Crippen LogP contribution in [0.15, 0.2) is 66.7 Å². The Morgan fingerprint density at radius 3 is 2.29 bits per heavy atom. The van der Waals surface area contributed by atoms with E-state index in [9.17, 15) is 4.79 Å². The molecule has 31 heavy (non-hydrogen) atoms. The third-order valence-electron chi connectivity index (χ3n) is 6.53. The fourth-order valence-corrected chi connectivity index (χ4v) is 22.3. The summed E-state index contributed by atoms with van der Waals surface area (Å²) in [6.07, 6.45) is 0.810. The van der Waals surface area contributed by atoms with Crippen molar-refractivity contribution in [1.29, 1.82) is 0 Å². The number of halogens is 2. The van der Waals surface area contributed by atoms with Crippen molar-refractivity contribution >= 4 is 32.1 Å². The molecule has 0 atom stereocenters. The van der Waals surface area contributed by atoms with Gasteiger partial charge in [0, 0.05) is 0 Å². The van der Waals surface area contributed by atoms with E-state index in [1.165, 1.54) is 22.3 Å². The van der Waals surface area contributed by atoms with Crippen LogP contribution < -0.4 is 6.53 Å². The second-order valence-corrected chi connectivity index (χ2v) is 48.8. The van der Waals surface area contributed by atoms with Gasteiger partial charge >= 0.3 is 195 Å². The molecule has 3 aromatic carbocycles. The molecule has 0 fully saturated rings. The van der Waals surface area contributed by atoms with Gasteiger partial charge in [-0.05, 0) is 0 Å². The van der Waals surface area contributed by atoms with E-state index in [1.54, 1.807) is 0 Å². The molecule has 0 heterocycles. The number of carbonyl (C=O) groups excluding carboxylic acids is 1. The molecule has 0 saturated carbocycles. The summed E-state index contributed by atoms with van der Waals surface area (Å²) in [5.74, 6) is -1.59. The summed E-state index contributed by atoms with van der Waals surface area (Å²) in [7, 11) is 15.1. The number of amides is 1. The summed E-state index contributed by atoms with van der Waals surface area (Å²) in [6.45, 7) is 8.53. The van der Waals surface area contributed by atoms with Gasteiger partial charge in [-0.15, -0.1) is 0 Å². The maximum absolute atomic E-state index is 13.6. The number of hydrogen-bond donors (Lipinski definition) is 1. The van der Waals surface area contributed by atoms with Crippen molar-refractivity contribution in [2.45, 2.75) is 39.3 Å². The quantitative estimate of drug-likeness (QED) is 0.290. The Kier molecular flexibility index (Phi) is 6.15. The molecule has 1 aliphatic rings. The topological polar surface area (TPSA) is 29.1 Å². The third kappa shape index (κ3) is 3.91. The molecule has 3 aromatic rings. The van der Waals surface area contributed by atoms with E-state index in [4.69, 9.17) is 17.0 Å². The molecule has 2 nitrogen and oxygen atoms in total. The van der Waals surface area contributed by atoms with Crippen LogP contribution in [-0.4, -0.2) is 11.8 Å². The molecule has 4 rings (SSSR count). The van der Waals surface area contributed by atoms with Crippen molar-refractivity contribution in [2.75, 3.05) is 0 Å². The second-order valence-electron chi connectivity index (χ2n) is 9.10. The molecule has 1 aliphatic carbocycles. The maximum atomic E-state index is 13.6. The standard InChI is InChI=1S/C13H9.C10H13NO.C2H7Si.2ClH.Zr/c1-3-7-12-10(5-1)9-11-6-2-4-8-13(11)12;1-7(2)8-5-3-4-6-9(8)10(11)12;1-3-2;;;/h1-5,7-8H,9H2;3-7H,1-2H3,(H2,11,12);3H,1-2H3;2*1H;/q;;;;;+3/p-3. The molecule has 0 aliphatic heterocycles. The van der Waals surface area contributed by atoms with E-state index in [1.807, 2.05) is 30.3 Å². The monoisotopic (exact) mass is 546 g/mol. The van der Waals surface area contributed by atoms with E-state index in [-0.39, 0.29) is 11.8 Å². The fraction of sp³-hybridized carbons (Fsp3) is 0.240. The van der Waals surface area contributed by atoms with E-state index in [2.05, 4.69) is 66.6 Å². The first-order valence-electron chi connectivity index (χ1n) is 10.8. The van der Waals surface area contributed by atoms with Gasteiger partial charge in [-0.2, -0.15) is 0 Å². The number of carbonyl (C=O) groups is 1. The number of hydrogen-bond acceptors (Lipinski definition) is 1. The predicted molar refractivity (Wildman–Crippen MR) is 133 cm³/mol. The molecule has 6 heteroatoms. The van der Waals surface area contributed by atoms with Gasteiger partial charge in [-0.1, -0.05) is 0 Å². The van der Waals surface area contributed by atoms with Crippen LogP contribution in [0.25, 0.3) is 11.1 Å². The van der Waals surface area contributed by atoms with Crippen molar-refractivity contribution in [3.8, 4) is 11.1 Å². The third-order valence-corrected chi connectivity index (χ3v) is 50.5. The van der Waals surface area contributed by atoms with Crippen LogP contribution in [0.1, 0.15) is 46.8 Å². The van der Waals surface area contributed by atoms with Crippen LogP contribution in [0.4, 0.5) is 0 Å². The molecule has 0 saturated heterocycles. The van der Waals surface area contributed by atoms with Gasteiger partial charge in [0.2, 0.25) is 0 Å². The molecular formula is C25H28Cl2NOSiZr. The summed E-state index contributed by atoms with van der Waals surface area (Å²) >= 11 is -4.85. The Bertz CT molecular complexity index is 1180. The van der Waals surface area contributed by atoms with Gasteiger partial charge in [0.05, 0.1) is 0 Å². The van der Waals surface area contributed by atoms with Crippen molar-refractivity contribution < 1.29 is 20.6 Å². The first-order chi connectivity index (χ1) is 14.6. The minimum absolute atomic E-state index is 0.144. The molecule has 1 amide bonds. The van der Waals surface area contributed by atoms with Gasteiger partial charge in [0.1, 0.15) is 0 Å². The van der Waals surface area contributed by atoms with E-state index in [0.717, 1.165) is 15.3 Å². The summed E-state index contributed by atoms with van der Waals surface area (Å²) in [4.78, 5) is 13.6. The molecule has 0 aromatic heterocycles. The Morgan fingerprint density at radius 2 is 1.58 bits per heavy atom. The molecule has 1 N–H and O–H groups in total. The summed E-state index contributed by atoms with van der Waals surface area (Å²) < 4.78 is 4.33. The zero-order valence-corrected chi connectivity index (χ0v) is 23.5. The first-order valence-corrected chi connectivity index (χ1v) is 26.8. The van der Waals surface area contributed by atoms with Gasteiger partial charge in [0.15, 0.2) is 0 Å². The fourth-order valence-electron chi connectivity index (χ4n) is 4.59. The zero-order valence-electron chi connectivity index (χ0n) is 18.4. The molecule has 0 radical (unpaired) electrons. The normalized spacial score (nSPS) is 14.1. The average molecular weight is 549 g/mol. The molecule has 161 valence electrons. The van der Waals surface area contributed by atoms with Crippen molar-refractivity contribution in [3.05, 3.63) is 89.0 Å². The van der Waals surface area contributed by atoms with Crippen LogP contribution >= 0.6 is 17.0 Å². The van der Waals surface area contributed by atoms with Gasteiger partial charge in [-0.3, -0.25) is 0 Å². The van der Waals surface area contributed by atoms with Gasteiger partial charge in [0.25, 0.3) is 0 Å². The van der Waals surface area contributed by atoms with Crippen molar-refractivity contribution in [1.82, 2.24) is 3.26 Å². The average Bonchev–Trinajstić information content (AvgIpc) is 3.12. The number of nitrogens with one attached hydrogen (secondary N) is 1. The minimum atomic E-state index is -4.85. The number of benzene rings is 3. The van der Waals surface area contributed by atoms with Crippen molar-refractivity contribution in [3.63, 3.8) is 0 Å². The number of rotatable bonds is 5. The summed E-state index contributed by atoms with van der Waals surface area (Å²) in [5.41, 5.74) is 6.61. The van der Waals surface area contributed by atoms with Crippen LogP contribution in [-0.2, 0) is 22.3 Å². The Balaban J connectivity index is 1.83. The molecular weight excluding hydrogens is 520 g/mol.